The number of hydrogen-bond donors (Lipinski definition) is 1. The summed E-state index contributed by atoms with van der Waals surface area (Å²) in [7, 11) is 0. The molecule has 1 atom stereocenters. The lowest BCUT2D eigenvalue weighted by molar-refractivity contribution is 0.0945. The lowest BCUT2D eigenvalue weighted by Gasteiger charge is -2.15. The second-order valence-electron chi connectivity index (χ2n) is 6.51. The Kier molecular flexibility index (Phi) is 4.68. The fraction of sp³-hybridized carbons (Fsp3) is 0.130. The number of benzene rings is 3. The van der Waals surface area contributed by atoms with E-state index in [9.17, 15) is 5.11 Å². The summed E-state index contributed by atoms with van der Waals surface area (Å²) >= 11 is 0. The first-order valence-corrected chi connectivity index (χ1v) is 8.86. The summed E-state index contributed by atoms with van der Waals surface area (Å²) in [4.78, 5) is 7.03. The maximum absolute atomic E-state index is 10.6. The summed E-state index contributed by atoms with van der Waals surface area (Å²) in [6.07, 6.45) is -0.708. The maximum Gasteiger partial charge on any atom is 0.188 e. The van der Waals surface area contributed by atoms with Crippen LogP contribution in [0.2, 0.25) is 0 Å². The van der Waals surface area contributed by atoms with Crippen LogP contribution in [-0.4, -0.2) is 22.4 Å². The van der Waals surface area contributed by atoms with Crippen LogP contribution in [0.1, 0.15) is 0 Å². The molecule has 0 aliphatic rings. The third kappa shape index (κ3) is 3.27. The molecule has 0 saturated carbocycles. The van der Waals surface area contributed by atoms with Crippen LogP contribution in [0.25, 0.3) is 31.5 Å². The number of aliphatic hydroxyl groups excluding tert-OH is 1. The van der Waals surface area contributed by atoms with Crippen molar-refractivity contribution in [1.82, 2.24) is 4.57 Å². The SMILES string of the molecule is [C-]#[N+]c1ccc2c(c1)c1cc([N+]#[C-])ccc1n2CC(O)COc1ccccc1. The quantitative estimate of drug-likeness (QED) is 0.484. The largest absolute Gasteiger partial charge is 0.491 e. The fourth-order valence-electron chi connectivity index (χ4n) is 3.39. The Balaban J connectivity index is 1.71. The number of para-hydroxylation sites is 1. The van der Waals surface area contributed by atoms with Gasteiger partial charge in [-0.05, 0) is 47.2 Å². The minimum absolute atomic E-state index is 0.172. The van der Waals surface area contributed by atoms with Gasteiger partial charge in [-0.1, -0.05) is 30.3 Å². The van der Waals surface area contributed by atoms with E-state index in [1.165, 1.54) is 0 Å². The van der Waals surface area contributed by atoms with Gasteiger partial charge in [-0.25, -0.2) is 9.69 Å². The molecule has 5 heteroatoms. The van der Waals surface area contributed by atoms with Gasteiger partial charge in [0, 0.05) is 11.0 Å². The highest BCUT2D eigenvalue weighted by Gasteiger charge is 2.15. The Bertz CT molecular complexity index is 1160. The van der Waals surface area contributed by atoms with Crippen LogP contribution in [0.5, 0.6) is 5.75 Å². The monoisotopic (exact) mass is 367 g/mol. The van der Waals surface area contributed by atoms with E-state index in [1.54, 1.807) is 12.1 Å². The molecule has 0 aliphatic carbocycles. The third-order valence-electron chi connectivity index (χ3n) is 4.67. The van der Waals surface area contributed by atoms with Gasteiger partial charge >= 0.3 is 0 Å². The van der Waals surface area contributed by atoms with E-state index in [1.807, 2.05) is 59.2 Å². The average molecular weight is 367 g/mol. The molecule has 0 radical (unpaired) electrons. The Hall–Kier alpha value is -3.80. The van der Waals surface area contributed by atoms with E-state index in [4.69, 9.17) is 17.9 Å². The van der Waals surface area contributed by atoms with E-state index in [0.717, 1.165) is 21.8 Å². The summed E-state index contributed by atoms with van der Waals surface area (Å²) in [6, 6.07) is 20.4. The molecular formula is C23H17N3O2. The molecule has 1 unspecified atom stereocenters. The van der Waals surface area contributed by atoms with Gasteiger partial charge in [-0.2, -0.15) is 0 Å². The van der Waals surface area contributed by atoms with E-state index in [2.05, 4.69) is 9.69 Å². The molecule has 5 nitrogen and oxygen atoms in total. The van der Waals surface area contributed by atoms with Crippen molar-refractivity contribution < 1.29 is 9.84 Å². The predicted octanol–water partition coefficient (Wildman–Crippen LogP) is 5.34. The van der Waals surface area contributed by atoms with Crippen LogP contribution in [0.15, 0.2) is 66.7 Å². The first kappa shape index (κ1) is 17.6. The molecular weight excluding hydrogens is 350 g/mol. The van der Waals surface area contributed by atoms with Crippen molar-refractivity contribution in [2.75, 3.05) is 6.61 Å². The maximum atomic E-state index is 10.6. The standard InChI is InChI=1S/C23H17N3O2/c1-24-16-8-10-22-20(12-16)21-13-17(25-2)9-11-23(21)26(22)14-18(27)15-28-19-6-4-3-5-7-19/h3-13,18,27H,14-15H2. The smallest absolute Gasteiger partial charge is 0.188 e. The highest BCUT2D eigenvalue weighted by molar-refractivity contribution is 6.10. The third-order valence-corrected chi connectivity index (χ3v) is 4.67. The second-order valence-corrected chi connectivity index (χ2v) is 6.51. The van der Waals surface area contributed by atoms with Gasteiger partial charge in [0.1, 0.15) is 18.5 Å². The van der Waals surface area contributed by atoms with Crippen molar-refractivity contribution in [3.05, 3.63) is 89.6 Å². The minimum Gasteiger partial charge on any atom is -0.491 e. The van der Waals surface area contributed by atoms with Crippen molar-refractivity contribution in [3.63, 3.8) is 0 Å². The van der Waals surface area contributed by atoms with E-state index in [0.29, 0.717) is 23.7 Å². The van der Waals surface area contributed by atoms with Crippen LogP contribution in [0.4, 0.5) is 11.4 Å². The van der Waals surface area contributed by atoms with Gasteiger partial charge < -0.3 is 14.4 Å². The van der Waals surface area contributed by atoms with E-state index >= 15 is 0 Å². The molecule has 136 valence electrons. The number of ether oxygens (including phenoxy) is 1. The zero-order valence-electron chi connectivity index (χ0n) is 15.0. The number of rotatable bonds is 5. The number of fused-ring (bicyclic) bond motifs is 3. The molecule has 28 heavy (non-hydrogen) atoms. The molecule has 0 fully saturated rings. The van der Waals surface area contributed by atoms with E-state index in [-0.39, 0.29) is 6.61 Å². The van der Waals surface area contributed by atoms with Gasteiger partial charge in [0.15, 0.2) is 11.4 Å². The number of aromatic nitrogens is 1. The number of nitrogens with zero attached hydrogens (tertiary/aromatic N) is 3. The molecule has 0 aliphatic heterocycles. The van der Waals surface area contributed by atoms with E-state index < -0.39 is 6.10 Å². The molecule has 3 aromatic carbocycles. The lowest BCUT2D eigenvalue weighted by Crippen LogP contribution is -2.23. The Labute approximate surface area is 162 Å². The highest BCUT2D eigenvalue weighted by atomic mass is 16.5. The molecule has 4 aromatic rings. The van der Waals surface area contributed by atoms with Gasteiger partial charge in [0.2, 0.25) is 0 Å². The Morgan fingerprint density at radius 1 is 0.857 bits per heavy atom. The van der Waals surface area contributed by atoms with Crippen LogP contribution in [0.3, 0.4) is 0 Å². The first-order valence-electron chi connectivity index (χ1n) is 8.86. The van der Waals surface area contributed by atoms with Crippen LogP contribution in [-0.2, 0) is 6.54 Å². The molecule has 0 bridgehead atoms. The first-order chi connectivity index (χ1) is 13.7. The van der Waals surface area contributed by atoms with Crippen LogP contribution in [0, 0.1) is 13.1 Å². The van der Waals surface area contributed by atoms with Gasteiger partial charge in [-0.15, -0.1) is 0 Å². The lowest BCUT2D eigenvalue weighted by atomic mass is 10.1. The molecule has 0 saturated heterocycles. The number of aliphatic hydroxyl groups is 1. The molecule has 4 rings (SSSR count). The summed E-state index contributed by atoms with van der Waals surface area (Å²) in [5.41, 5.74) is 2.94. The summed E-state index contributed by atoms with van der Waals surface area (Å²) in [6.45, 7) is 15.1. The van der Waals surface area contributed by atoms with Crippen molar-refractivity contribution >= 4 is 33.2 Å². The molecule has 0 amide bonds. The minimum atomic E-state index is -0.708. The average Bonchev–Trinajstić information content (AvgIpc) is 3.05. The van der Waals surface area contributed by atoms with Crippen LogP contribution < -0.4 is 4.74 Å². The molecule has 1 heterocycles. The number of hydrogen-bond acceptors (Lipinski definition) is 2. The zero-order valence-corrected chi connectivity index (χ0v) is 15.0. The highest BCUT2D eigenvalue weighted by Crippen LogP contribution is 2.34. The topological polar surface area (TPSA) is 43.1 Å². The zero-order chi connectivity index (χ0) is 19.5. The fourth-order valence-corrected chi connectivity index (χ4v) is 3.39. The van der Waals surface area contributed by atoms with Crippen LogP contribution >= 0.6 is 0 Å². The van der Waals surface area contributed by atoms with Crippen molar-refractivity contribution in [2.45, 2.75) is 12.6 Å². The summed E-state index contributed by atoms with van der Waals surface area (Å²) < 4.78 is 7.69. The molecule has 0 spiro atoms. The van der Waals surface area contributed by atoms with Gasteiger partial charge in [0.05, 0.1) is 19.7 Å². The molecule has 1 aromatic heterocycles. The summed E-state index contributed by atoms with van der Waals surface area (Å²) in [5.74, 6) is 0.715. The predicted molar refractivity (Wildman–Crippen MR) is 110 cm³/mol. The van der Waals surface area contributed by atoms with Gasteiger partial charge in [0.25, 0.3) is 0 Å². The normalized spacial score (nSPS) is 11.8. The Morgan fingerprint density at radius 3 is 1.96 bits per heavy atom. The van der Waals surface area contributed by atoms with Gasteiger partial charge in [-0.3, -0.25) is 0 Å². The molecule has 1 N–H and O–H groups in total. The van der Waals surface area contributed by atoms with Crippen molar-refractivity contribution in [3.8, 4) is 5.75 Å². The Morgan fingerprint density at radius 2 is 1.43 bits per heavy atom. The summed E-state index contributed by atoms with van der Waals surface area (Å²) in [5, 5.41) is 12.4. The van der Waals surface area contributed by atoms with Crippen molar-refractivity contribution in [1.29, 1.82) is 0 Å². The van der Waals surface area contributed by atoms with Crippen molar-refractivity contribution in [2.24, 2.45) is 0 Å². The second kappa shape index (κ2) is 7.44.